The van der Waals surface area contributed by atoms with E-state index in [1.165, 1.54) is 11.1 Å². The van der Waals surface area contributed by atoms with Gasteiger partial charge in [-0.1, -0.05) is 92.7 Å². The predicted octanol–water partition coefficient (Wildman–Crippen LogP) is 7.94. The standard InChI is InChI=1S/C31H27N3/c1-31(2,25-14-5-3-6-15-25)26-16-11-13-24(23-26)28-19-12-21-30(33-28)34(27-17-7-4-8-18-27)29-20-9-10-22-32-29/h3-23H,1-2H3. The number of hydrogen-bond acceptors (Lipinski definition) is 3. The van der Waals surface area contributed by atoms with Gasteiger partial charge in [-0.25, -0.2) is 9.97 Å². The third kappa shape index (κ3) is 4.33. The molecule has 34 heavy (non-hydrogen) atoms. The maximum absolute atomic E-state index is 5.08. The summed E-state index contributed by atoms with van der Waals surface area (Å²) >= 11 is 0. The first-order valence-electron chi connectivity index (χ1n) is 11.5. The summed E-state index contributed by atoms with van der Waals surface area (Å²) < 4.78 is 0. The SMILES string of the molecule is CC(C)(c1ccccc1)c1cccc(-c2cccc(N(c3ccccc3)c3ccccn3)n2)c1. The Balaban J connectivity index is 1.56. The van der Waals surface area contributed by atoms with Crippen LogP contribution in [0.25, 0.3) is 11.3 Å². The van der Waals surface area contributed by atoms with Crippen molar-refractivity contribution < 1.29 is 0 Å². The molecule has 0 amide bonds. The fourth-order valence-electron chi connectivity index (χ4n) is 4.24. The third-order valence-corrected chi connectivity index (χ3v) is 6.23. The van der Waals surface area contributed by atoms with Crippen LogP contribution in [-0.4, -0.2) is 9.97 Å². The van der Waals surface area contributed by atoms with Crippen molar-refractivity contribution in [2.24, 2.45) is 0 Å². The van der Waals surface area contributed by atoms with Crippen molar-refractivity contribution in [3.8, 4) is 11.3 Å². The van der Waals surface area contributed by atoms with Gasteiger partial charge in [-0.3, -0.25) is 4.90 Å². The smallest absolute Gasteiger partial charge is 0.139 e. The molecule has 5 aromatic rings. The third-order valence-electron chi connectivity index (χ3n) is 6.23. The number of nitrogens with zero attached hydrogens (tertiary/aromatic N) is 3. The molecule has 0 saturated heterocycles. The Kier molecular flexibility index (Phi) is 5.92. The van der Waals surface area contributed by atoms with Gasteiger partial charge in [0.1, 0.15) is 11.6 Å². The van der Waals surface area contributed by atoms with Crippen LogP contribution in [-0.2, 0) is 5.41 Å². The van der Waals surface area contributed by atoms with E-state index < -0.39 is 0 Å². The van der Waals surface area contributed by atoms with E-state index in [-0.39, 0.29) is 5.41 Å². The summed E-state index contributed by atoms with van der Waals surface area (Å²) in [5, 5.41) is 0. The number of rotatable bonds is 6. The van der Waals surface area contributed by atoms with Crippen molar-refractivity contribution in [1.82, 2.24) is 9.97 Å². The number of anilines is 3. The lowest BCUT2D eigenvalue weighted by atomic mass is 9.77. The van der Waals surface area contributed by atoms with E-state index in [4.69, 9.17) is 4.98 Å². The van der Waals surface area contributed by atoms with E-state index in [0.29, 0.717) is 0 Å². The number of para-hydroxylation sites is 1. The molecule has 0 spiro atoms. The Morgan fingerprint density at radius 3 is 1.97 bits per heavy atom. The highest BCUT2D eigenvalue weighted by atomic mass is 15.2. The van der Waals surface area contributed by atoms with Crippen LogP contribution in [0.3, 0.4) is 0 Å². The zero-order valence-corrected chi connectivity index (χ0v) is 19.5. The average molecular weight is 442 g/mol. The van der Waals surface area contributed by atoms with Crippen LogP contribution >= 0.6 is 0 Å². The van der Waals surface area contributed by atoms with Crippen molar-refractivity contribution in [2.45, 2.75) is 19.3 Å². The highest BCUT2D eigenvalue weighted by Gasteiger charge is 2.23. The normalized spacial score (nSPS) is 11.2. The van der Waals surface area contributed by atoms with Crippen molar-refractivity contribution in [1.29, 1.82) is 0 Å². The van der Waals surface area contributed by atoms with E-state index in [1.54, 1.807) is 0 Å². The number of hydrogen-bond donors (Lipinski definition) is 0. The summed E-state index contributed by atoms with van der Waals surface area (Å²) in [4.78, 5) is 11.8. The monoisotopic (exact) mass is 441 g/mol. The predicted molar refractivity (Wildman–Crippen MR) is 141 cm³/mol. The van der Waals surface area contributed by atoms with Gasteiger partial charge < -0.3 is 0 Å². The zero-order chi connectivity index (χ0) is 23.4. The minimum Gasteiger partial charge on any atom is -0.279 e. The average Bonchev–Trinajstić information content (AvgIpc) is 2.91. The van der Waals surface area contributed by atoms with Crippen molar-refractivity contribution in [3.63, 3.8) is 0 Å². The Morgan fingerprint density at radius 2 is 1.24 bits per heavy atom. The second kappa shape index (κ2) is 9.32. The lowest BCUT2D eigenvalue weighted by Crippen LogP contribution is -2.18. The van der Waals surface area contributed by atoms with E-state index in [2.05, 4.69) is 103 Å². The van der Waals surface area contributed by atoms with Crippen LogP contribution in [0.5, 0.6) is 0 Å². The molecule has 3 aromatic carbocycles. The van der Waals surface area contributed by atoms with E-state index in [1.807, 2.05) is 48.7 Å². The van der Waals surface area contributed by atoms with Gasteiger partial charge in [-0.15, -0.1) is 0 Å². The number of benzene rings is 3. The van der Waals surface area contributed by atoms with Crippen LogP contribution in [0.2, 0.25) is 0 Å². The molecule has 0 atom stereocenters. The van der Waals surface area contributed by atoms with E-state index >= 15 is 0 Å². The quantitative estimate of drug-likeness (QED) is 0.268. The molecule has 2 aromatic heterocycles. The minimum absolute atomic E-state index is 0.112. The Hall–Kier alpha value is -4.24. The molecule has 0 N–H and O–H groups in total. The molecule has 0 saturated carbocycles. The van der Waals surface area contributed by atoms with Crippen LogP contribution in [0.15, 0.2) is 128 Å². The molecular formula is C31H27N3. The first kappa shape index (κ1) is 21.6. The van der Waals surface area contributed by atoms with Crippen LogP contribution in [0.1, 0.15) is 25.0 Å². The zero-order valence-electron chi connectivity index (χ0n) is 19.5. The Labute approximate surface area is 201 Å². The summed E-state index contributed by atoms with van der Waals surface area (Å²) in [6, 6.07) is 41.7. The lowest BCUT2D eigenvalue weighted by Gasteiger charge is -2.27. The Morgan fingerprint density at radius 1 is 0.588 bits per heavy atom. The number of aromatic nitrogens is 2. The molecule has 0 radical (unpaired) electrons. The highest BCUT2D eigenvalue weighted by molar-refractivity contribution is 5.74. The van der Waals surface area contributed by atoms with Gasteiger partial charge in [0.2, 0.25) is 0 Å². The maximum atomic E-state index is 5.08. The van der Waals surface area contributed by atoms with Crippen molar-refractivity contribution in [2.75, 3.05) is 4.90 Å². The van der Waals surface area contributed by atoms with E-state index in [9.17, 15) is 0 Å². The van der Waals surface area contributed by atoms with Gasteiger partial charge in [-0.2, -0.15) is 0 Å². The molecule has 0 aliphatic heterocycles. The molecule has 2 heterocycles. The second-order valence-electron chi connectivity index (χ2n) is 8.81. The summed E-state index contributed by atoms with van der Waals surface area (Å²) in [5.41, 5.74) is 5.48. The fraction of sp³-hybridized carbons (Fsp3) is 0.0968. The molecule has 0 unspecified atom stereocenters. The van der Waals surface area contributed by atoms with Gasteiger partial charge in [0, 0.05) is 22.9 Å². The molecule has 3 heteroatoms. The minimum atomic E-state index is -0.112. The molecule has 0 bridgehead atoms. The number of pyridine rings is 2. The second-order valence-corrected chi connectivity index (χ2v) is 8.81. The van der Waals surface area contributed by atoms with Gasteiger partial charge in [0.15, 0.2) is 0 Å². The first-order chi connectivity index (χ1) is 16.6. The van der Waals surface area contributed by atoms with Gasteiger partial charge in [0.25, 0.3) is 0 Å². The maximum Gasteiger partial charge on any atom is 0.139 e. The fourth-order valence-corrected chi connectivity index (χ4v) is 4.24. The van der Waals surface area contributed by atoms with Crippen LogP contribution in [0.4, 0.5) is 17.3 Å². The van der Waals surface area contributed by atoms with E-state index in [0.717, 1.165) is 28.6 Å². The van der Waals surface area contributed by atoms with Gasteiger partial charge >= 0.3 is 0 Å². The summed E-state index contributed by atoms with van der Waals surface area (Å²) in [6.07, 6.45) is 1.81. The summed E-state index contributed by atoms with van der Waals surface area (Å²) in [7, 11) is 0. The highest BCUT2D eigenvalue weighted by Crippen LogP contribution is 2.35. The lowest BCUT2D eigenvalue weighted by molar-refractivity contribution is 0.641. The molecule has 5 rings (SSSR count). The topological polar surface area (TPSA) is 29.0 Å². The Bertz CT molecular complexity index is 1320. The van der Waals surface area contributed by atoms with Crippen molar-refractivity contribution in [3.05, 3.63) is 139 Å². The van der Waals surface area contributed by atoms with Crippen LogP contribution in [0, 0.1) is 0 Å². The molecule has 3 nitrogen and oxygen atoms in total. The molecule has 0 aliphatic rings. The van der Waals surface area contributed by atoms with Gasteiger partial charge in [0.05, 0.1) is 5.69 Å². The molecule has 0 fully saturated rings. The summed E-state index contributed by atoms with van der Waals surface area (Å²) in [6.45, 7) is 4.53. The van der Waals surface area contributed by atoms with Gasteiger partial charge in [-0.05, 0) is 53.6 Å². The molecule has 0 aliphatic carbocycles. The summed E-state index contributed by atoms with van der Waals surface area (Å²) in [5.74, 6) is 1.66. The largest absolute Gasteiger partial charge is 0.279 e. The van der Waals surface area contributed by atoms with Crippen LogP contribution < -0.4 is 4.90 Å². The first-order valence-corrected chi connectivity index (χ1v) is 11.5. The molecular weight excluding hydrogens is 414 g/mol. The van der Waals surface area contributed by atoms with Crippen molar-refractivity contribution >= 4 is 17.3 Å². The molecule has 166 valence electrons.